The Balaban J connectivity index is 1.94. The van der Waals surface area contributed by atoms with Crippen LogP contribution in [0, 0.1) is 6.92 Å². The van der Waals surface area contributed by atoms with E-state index in [0.29, 0.717) is 29.0 Å². The Morgan fingerprint density at radius 2 is 1.84 bits per heavy atom. The third-order valence-corrected chi connectivity index (χ3v) is 5.74. The summed E-state index contributed by atoms with van der Waals surface area (Å²) in [6, 6.07) is 9.62. The maximum absolute atomic E-state index is 13.6. The summed E-state index contributed by atoms with van der Waals surface area (Å²) in [6.45, 7) is 3.93. The molecule has 0 fully saturated rings. The molecule has 31 heavy (non-hydrogen) atoms. The zero-order valence-electron chi connectivity index (χ0n) is 18.3. The molecular weight excluding hydrogens is 390 g/mol. The van der Waals surface area contributed by atoms with E-state index >= 15 is 0 Å². The van der Waals surface area contributed by atoms with Crippen LogP contribution in [0.4, 0.5) is 5.69 Å². The van der Waals surface area contributed by atoms with Gasteiger partial charge in [0.1, 0.15) is 0 Å². The molecule has 1 aromatic carbocycles. The third-order valence-electron chi connectivity index (χ3n) is 5.74. The molecule has 0 radical (unpaired) electrons. The van der Waals surface area contributed by atoms with Crippen molar-refractivity contribution in [3.8, 4) is 0 Å². The molecule has 0 saturated carbocycles. The van der Waals surface area contributed by atoms with Gasteiger partial charge in [0.25, 0.3) is 11.8 Å². The van der Waals surface area contributed by atoms with E-state index in [9.17, 15) is 9.59 Å². The van der Waals surface area contributed by atoms with Crippen molar-refractivity contribution in [3.05, 3.63) is 70.6 Å². The predicted molar refractivity (Wildman–Crippen MR) is 121 cm³/mol. The summed E-state index contributed by atoms with van der Waals surface area (Å²) < 4.78 is 0. The Hall–Kier alpha value is -3.45. The molecule has 2 amide bonds. The molecule has 0 bridgehead atoms. The van der Waals surface area contributed by atoms with E-state index in [4.69, 9.17) is 5.73 Å². The summed E-state index contributed by atoms with van der Waals surface area (Å²) in [6.07, 6.45) is 4.33. The summed E-state index contributed by atoms with van der Waals surface area (Å²) >= 11 is 0. The molecule has 1 aromatic heterocycles. The number of anilines is 1. The van der Waals surface area contributed by atoms with Gasteiger partial charge in [0, 0.05) is 37.7 Å². The SMILES string of the molecule is CCCC(N)N1C(=O)C2=C(c3ccncc3C)NC(=O)C2=C1c1ccc(N(C)C)cc1. The van der Waals surface area contributed by atoms with Crippen LogP contribution < -0.4 is 16.0 Å². The largest absolute Gasteiger partial charge is 0.378 e. The molecule has 3 heterocycles. The number of carbonyl (C=O) groups excluding carboxylic acids is 2. The van der Waals surface area contributed by atoms with Gasteiger partial charge in [-0.15, -0.1) is 0 Å². The number of pyridine rings is 1. The quantitative estimate of drug-likeness (QED) is 0.754. The number of aryl methyl sites for hydroxylation is 1. The zero-order valence-corrected chi connectivity index (χ0v) is 18.3. The molecule has 2 aromatic rings. The van der Waals surface area contributed by atoms with Gasteiger partial charge in [0.2, 0.25) is 0 Å². The number of aromatic nitrogens is 1. The van der Waals surface area contributed by atoms with E-state index < -0.39 is 6.17 Å². The molecule has 2 aliphatic heterocycles. The number of nitrogens with one attached hydrogen (secondary N) is 1. The summed E-state index contributed by atoms with van der Waals surface area (Å²) in [7, 11) is 3.93. The molecule has 0 saturated heterocycles. The average molecular weight is 418 g/mol. The minimum atomic E-state index is -0.515. The lowest BCUT2D eigenvalue weighted by atomic mass is 10.0. The Morgan fingerprint density at radius 1 is 1.13 bits per heavy atom. The van der Waals surface area contributed by atoms with Gasteiger partial charge in [0.05, 0.1) is 28.7 Å². The highest BCUT2D eigenvalue weighted by Crippen LogP contribution is 2.43. The molecule has 160 valence electrons. The molecule has 1 atom stereocenters. The molecule has 0 spiro atoms. The van der Waals surface area contributed by atoms with Crippen molar-refractivity contribution < 1.29 is 9.59 Å². The Morgan fingerprint density at radius 3 is 2.45 bits per heavy atom. The third kappa shape index (κ3) is 3.41. The van der Waals surface area contributed by atoms with Crippen LogP contribution in [-0.4, -0.2) is 42.0 Å². The van der Waals surface area contributed by atoms with E-state index in [-0.39, 0.29) is 11.8 Å². The summed E-state index contributed by atoms with van der Waals surface area (Å²) in [5.41, 5.74) is 11.8. The van der Waals surface area contributed by atoms with Gasteiger partial charge in [-0.3, -0.25) is 19.5 Å². The minimum Gasteiger partial charge on any atom is -0.378 e. The second-order valence-electron chi connectivity index (χ2n) is 8.09. The first kappa shape index (κ1) is 20.8. The van der Waals surface area contributed by atoms with Gasteiger partial charge >= 0.3 is 0 Å². The number of nitrogens with two attached hydrogens (primary N) is 1. The molecule has 2 aliphatic rings. The van der Waals surface area contributed by atoms with Gasteiger partial charge in [0.15, 0.2) is 0 Å². The van der Waals surface area contributed by atoms with Crippen LogP contribution in [0.3, 0.4) is 0 Å². The Kier molecular flexibility index (Phi) is 5.37. The molecule has 1 unspecified atom stereocenters. The average Bonchev–Trinajstić information content (AvgIpc) is 3.24. The van der Waals surface area contributed by atoms with E-state index in [2.05, 4.69) is 10.3 Å². The zero-order chi connectivity index (χ0) is 22.3. The topological polar surface area (TPSA) is 91.6 Å². The number of rotatable bonds is 6. The van der Waals surface area contributed by atoms with Crippen LogP contribution in [-0.2, 0) is 9.59 Å². The van der Waals surface area contributed by atoms with Crippen molar-refractivity contribution >= 4 is 28.9 Å². The highest BCUT2D eigenvalue weighted by Gasteiger charge is 2.47. The van der Waals surface area contributed by atoms with Crippen LogP contribution in [0.15, 0.2) is 53.9 Å². The van der Waals surface area contributed by atoms with Crippen LogP contribution in [0.25, 0.3) is 11.4 Å². The fourth-order valence-corrected chi connectivity index (χ4v) is 4.16. The lowest BCUT2D eigenvalue weighted by Gasteiger charge is -2.28. The van der Waals surface area contributed by atoms with Gasteiger partial charge in [-0.2, -0.15) is 0 Å². The first-order chi connectivity index (χ1) is 14.8. The van der Waals surface area contributed by atoms with Crippen molar-refractivity contribution in [2.24, 2.45) is 5.73 Å². The molecular formula is C24H27N5O2. The molecule has 3 N–H and O–H groups in total. The minimum absolute atomic E-state index is 0.243. The highest BCUT2D eigenvalue weighted by atomic mass is 16.2. The number of hydrogen-bond donors (Lipinski definition) is 2. The van der Waals surface area contributed by atoms with Crippen molar-refractivity contribution in [2.75, 3.05) is 19.0 Å². The van der Waals surface area contributed by atoms with Gasteiger partial charge in [-0.25, -0.2) is 0 Å². The van der Waals surface area contributed by atoms with Crippen LogP contribution in [0.5, 0.6) is 0 Å². The second kappa shape index (κ2) is 8.00. The smallest absolute Gasteiger partial charge is 0.262 e. The van der Waals surface area contributed by atoms with Crippen molar-refractivity contribution in [3.63, 3.8) is 0 Å². The first-order valence-corrected chi connectivity index (χ1v) is 10.4. The normalized spacial score (nSPS) is 16.7. The van der Waals surface area contributed by atoms with E-state index in [1.807, 2.05) is 63.2 Å². The van der Waals surface area contributed by atoms with Crippen LogP contribution >= 0.6 is 0 Å². The van der Waals surface area contributed by atoms with Crippen LogP contribution in [0.2, 0.25) is 0 Å². The van der Waals surface area contributed by atoms with Gasteiger partial charge < -0.3 is 16.0 Å². The highest BCUT2D eigenvalue weighted by molar-refractivity contribution is 6.30. The van der Waals surface area contributed by atoms with Crippen molar-refractivity contribution in [1.82, 2.24) is 15.2 Å². The van der Waals surface area contributed by atoms with E-state index in [0.717, 1.165) is 28.8 Å². The number of fused-ring (bicyclic) bond motifs is 1. The Bertz CT molecular complexity index is 1120. The number of hydrogen-bond acceptors (Lipinski definition) is 5. The maximum atomic E-state index is 13.6. The Labute approximate surface area is 182 Å². The molecule has 7 nitrogen and oxygen atoms in total. The molecule has 0 aliphatic carbocycles. The van der Waals surface area contributed by atoms with Gasteiger partial charge in [-0.1, -0.05) is 25.5 Å². The number of benzene rings is 1. The number of amides is 2. The number of carbonyl (C=O) groups is 2. The van der Waals surface area contributed by atoms with E-state index in [1.54, 1.807) is 17.3 Å². The number of nitrogens with zero attached hydrogens (tertiary/aromatic N) is 3. The lowest BCUT2D eigenvalue weighted by Crippen LogP contribution is -2.43. The van der Waals surface area contributed by atoms with Gasteiger partial charge in [-0.05, 0) is 42.7 Å². The summed E-state index contributed by atoms with van der Waals surface area (Å²) in [5, 5.41) is 2.92. The monoisotopic (exact) mass is 417 g/mol. The second-order valence-corrected chi connectivity index (χ2v) is 8.09. The maximum Gasteiger partial charge on any atom is 0.262 e. The predicted octanol–water partition coefficient (Wildman–Crippen LogP) is 2.64. The van der Waals surface area contributed by atoms with Crippen molar-refractivity contribution in [1.29, 1.82) is 0 Å². The molecule has 4 rings (SSSR count). The first-order valence-electron chi connectivity index (χ1n) is 10.4. The fraction of sp³-hybridized carbons (Fsp3) is 0.292. The van der Waals surface area contributed by atoms with Crippen LogP contribution in [0.1, 0.15) is 36.5 Å². The van der Waals surface area contributed by atoms with Crippen molar-refractivity contribution in [2.45, 2.75) is 32.9 Å². The molecule has 7 heteroatoms. The standard InChI is InChI=1S/C24H27N5O2/c1-5-6-18(25)29-22(15-7-9-16(10-8-15)28(3)4)20-19(24(29)31)21(27-23(20)30)17-11-12-26-13-14(17)2/h7-13,18H,5-6,25H2,1-4H3,(H,27,30). The fourth-order valence-electron chi connectivity index (χ4n) is 4.16. The summed E-state index contributed by atoms with van der Waals surface area (Å²) in [4.78, 5) is 34.5. The lowest BCUT2D eigenvalue weighted by molar-refractivity contribution is -0.124. The summed E-state index contributed by atoms with van der Waals surface area (Å²) in [5.74, 6) is -0.528. The van der Waals surface area contributed by atoms with E-state index in [1.165, 1.54) is 0 Å².